The first-order valence-electron chi connectivity index (χ1n) is 8.79. The molecule has 1 aliphatic heterocycles. The summed E-state index contributed by atoms with van der Waals surface area (Å²) >= 11 is 0. The molecule has 0 radical (unpaired) electrons. The third-order valence-electron chi connectivity index (χ3n) is 4.83. The number of nitrogen functional groups attached to an aromatic ring is 1. The average Bonchev–Trinajstić information content (AvgIpc) is 3.04. The molecule has 2 atom stereocenters. The van der Waals surface area contributed by atoms with Gasteiger partial charge in [0.1, 0.15) is 0 Å². The maximum Gasteiger partial charge on any atom is 0.308 e. The zero-order chi connectivity index (χ0) is 19.4. The molecule has 0 aliphatic carbocycles. The minimum atomic E-state index is -0.759. The summed E-state index contributed by atoms with van der Waals surface area (Å²) in [5.41, 5.74) is 8.77. The number of hydrogen-bond acceptors (Lipinski definition) is 4. The van der Waals surface area contributed by atoms with Crippen molar-refractivity contribution in [2.75, 3.05) is 31.2 Å². The standard InChI is InChI=1S/C21H23N3O3/c1-24-12-16(17(13-24)21(26)27)15-9-6-14(7-10-15)8-11-20(25)23-19-5-3-2-4-18(19)22/h2-11,16-17H,12-13,22H2,1H3,(H,23,25)(H,26,27)/t16-,17+/m0/s1. The molecule has 1 saturated heterocycles. The fraction of sp³-hybridized carbons (Fsp3) is 0.238. The maximum absolute atomic E-state index is 12.0. The van der Waals surface area contributed by atoms with E-state index < -0.39 is 11.9 Å². The number of carboxylic acid groups (broad SMARTS) is 1. The summed E-state index contributed by atoms with van der Waals surface area (Å²) in [6.07, 6.45) is 3.17. The molecule has 0 unspecified atom stereocenters. The number of aliphatic carboxylic acids is 1. The van der Waals surface area contributed by atoms with Crippen LogP contribution in [0.25, 0.3) is 6.08 Å². The predicted molar refractivity (Wildman–Crippen MR) is 106 cm³/mol. The van der Waals surface area contributed by atoms with Gasteiger partial charge in [0, 0.05) is 25.1 Å². The molecule has 27 heavy (non-hydrogen) atoms. The topological polar surface area (TPSA) is 95.7 Å². The van der Waals surface area contributed by atoms with Gasteiger partial charge >= 0.3 is 5.97 Å². The molecule has 0 saturated carbocycles. The van der Waals surface area contributed by atoms with Crippen LogP contribution in [0.15, 0.2) is 54.6 Å². The number of carbonyl (C=O) groups is 2. The summed E-state index contributed by atoms with van der Waals surface area (Å²) in [7, 11) is 1.94. The minimum absolute atomic E-state index is 0.0186. The number of likely N-dealkylation sites (tertiary alicyclic amines) is 1. The van der Waals surface area contributed by atoms with Crippen LogP contribution in [0, 0.1) is 5.92 Å². The van der Waals surface area contributed by atoms with Gasteiger partial charge in [-0.15, -0.1) is 0 Å². The molecular formula is C21H23N3O3. The smallest absolute Gasteiger partial charge is 0.308 e. The monoisotopic (exact) mass is 365 g/mol. The van der Waals surface area contributed by atoms with Crippen LogP contribution in [-0.4, -0.2) is 42.0 Å². The molecule has 1 aliphatic rings. The number of likely N-dealkylation sites (N-methyl/N-ethyl adjacent to an activating group) is 1. The first-order chi connectivity index (χ1) is 12.9. The molecule has 0 spiro atoms. The summed E-state index contributed by atoms with van der Waals surface area (Å²) < 4.78 is 0. The number of anilines is 2. The van der Waals surface area contributed by atoms with Crippen molar-refractivity contribution in [3.8, 4) is 0 Å². The summed E-state index contributed by atoms with van der Waals surface area (Å²) in [6.45, 7) is 1.29. The van der Waals surface area contributed by atoms with E-state index in [1.165, 1.54) is 6.08 Å². The Labute approximate surface area is 158 Å². The summed E-state index contributed by atoms with van der Waals surface area (Å²) in [5, 5.41) is 12.2. The van der Waals surface area contributed by atoms with E-state index in [0.717, 1.165) is 17.7 Å². The van der Waals surface area contributed by atoms with Crippen molar-refractivity contribution in [1.82, 2.24) is 4.90 Å². The van der Waals surface area contributed by atoms with Gasteiger partial charge in [-0.25, -0.2) is 0 Å². The van der Waals surface area contributed by atoms with E-state index in [-0.39, 0.29) is 11.8 Å². The van der Waals surface area contributed by atoms with Crippen LogP contribution in [0.1, 0.15) is 17.0 Å². The van der Waals surface area contributed by atoms with Crippen LogP contribution in [0.5, 0.6) is 0 Å². The molecule has 140 valence electrons. The first kappa shape index (κ1) is 18.7. The molecular weight excluding hydrogens is 342 g/mol. The lowest BCUT2D eigenvalue weighted by Crippen LogP contribution is -2.21. The number of hydrogen-bond donors (Lipinski definition) is 3. The fourth-order valence-electron chi connectivity index (χ4n) is 3.40. The number of carboxylic acids is 1. The van der Waals surface area contributed by atoms with Gasteiger partial charge < -0.3 is 21.1 Å². The zero-order valence-corrected chi connectivity index (χ0v) is 15.1. The molecule has 2 aromatic carbocycles. The average molecular weight is 365 g/mol. The van der Waals surface area contributed by atoms with Gasteiger partial charge in [0.15, 0.2) is 0 Å². The molecule has 0 aromatic heterocycles. The second-order valence-corrected chi connectivity index (χ2v) is 6.85. The number of nitrogens with two attached hydrogens (primary N) is 1. The van der Waals surface area contributed by atoms with Crippen LogP contribution in [0.2, 0.25) is 0 Å². The Morgan fingerprint density at radius 2 is 1.85 bits per heavy atom. The highest BCUT2D eigenvalue weighted by molar-refractivity contribution is 6.03. The second-order valence-electron chi connectivity index (χ2n) is 6.85. The van der Waals surface area contributed by atoms with Crippen molar-refractivity contribution < 1.29 is 14.7 Å². The summed E-state index contributed by atoms with van der Waals surface area (Å²) in [5.74, 6) is -1.43. The Morgan fingerprint density at radius 1 is 1.15 bits per heavy atom. The first-order valence-corrected chi connectivity index (χ1v) is 8.79. The highest BCUT2D eigenvalue weighted by atomic mass is 16.4. The summed E-state index contributed by atoms with van der Waals surface area (Å²) in [4.78, 5) is 25.5. The van der Waals surface area contributed by atoms with E-state index in [1.54, 1.807) is 30.3 Å². The van der Waals surface area contributed by atoms with Gasteiger partial charge in [-0.2, -0.15) is 0 Å². The van der Waals surface area contributed by atoms with E-state index in [1.807, 2.05) is 36.2 Å². The third kappa shape index (κ3) is 4.54. The lowest BCUT2D eigenvalue weighted by atomic mass is 9.88. The molecule has 1 amide bonds. The van der Waals surface area contributed by atoms with Crippen LogP contribution < -0.4 is 11.1 Å². The van der Waals surface area contributed by atoms with Crippen molar-refractivity contribution >= 4 is 29.3 Å². The molecule has 0 bridgehead atoms. The molecule has 3 rings (SSSR count). The van der Waals surface area contributed by atoms with Crippen molar-refractivity contribution in [2.45, 2.75) is 5.92 Å². The SMILES string of the molecule is CN1C[C@@H](C(=O)O)[C@H](c2ccc(C=CC(=O)Nc3ccccc3N)cc2)C1. The van der Waals surface area contributed by atoms with E-state index >= 15 is 0 Å². The number of nitrogens with one attached hydrogen (secondary N) is 1. The summed E-state index contributed by atoms with van der Waals surface area (Å²) in [6, 6.07) is 14.7. The highest BCUT2D eigenvalue weighted by Crippen LogP contribution is 2.32. The zero-order valence-electron chi connectivity index (χ0n) is 15.1. The fourth-order valence-corrected chi connectivity index (χ4v) is 3.40. The van der Waals surface area contributed by atoms with E-state index in [9.17, 15) is 14.7 Å². The van der Waals surface area contributed by atoms with Gasteiger partial charge in [0.2, 0.25) is 5.91 Å². The largest absolute Gasteiger partial charge is 0.481 e. The number of para-hydroxylation sites is 2. The highest BCUT2D eigenvalue weighted by Gasteiger charge is 2.36. The number of carbonyl (C=O) groups excluding carboxylic acids is 1. The van der Waals surface area contributed by atoms with Crippen LogP contribution in [0.3, 0.4) is 0 Å². The Bertz CT molecular complexity index is 861. The van der Waals surface area contributed by atoms with E-state index in [2.05, 4.69) is 5.32 Å². The Hall–Kier alpha value is -3.12. The van der Waals surface area contributed by atoms with Crippen LogP contribution >= 0.6 is 0 Å². The molecule has 4 N–H and O–H groups in total. The van der Waals surface area contributed by atoms with Gasteiger partial charge in [0.25, 0.3) is 0 Å². The van der Waals surface area contributed by atoms with Crippen LogP contribution in [-0.2, 0) is 9.59 Å². The normalized spacial score (nSPS) is 20.0. The van der Waals surface area contributed by atoms with Gasteiger partial charge in [-0.05, 0) is 36.4 Å². The van der Waals surface area contributed by atoms with Crippen molar-refractivity contribution in [1.29, 1.82) is 0 Å². The van der Waals surface area contributed by atoms with E-state index in [4.69, 9.17) is 5.73 Å². The third-order valence-corrected chi connectivity index (χ3v) is 4.83. The van der Waals surface area contributed by atoms with E-state index in [0.29, 0.717) is 17.9 Å². The second kappa shape index (κ2) is 8.05. The number of nitrogens with zero attached hydrogens (tertiary/aromatic N) is 1. The predicted octanol–water partition coefficient (Wildman–Crippen LogP) is 2.65. The molecule has 6 nitrogen and oxygen atoms in total. The Balaban J connectivity index is 1.65. The minimum Gasteiger partial charge on any atom is -0.481 e. The quantitative estimate of drug-likeness (QED) is 0.559. The molecule has 1 fully saturated rings. The molecule has 1 heterocycles. The maximum atomic E-state index is 12.0. The lowest BCUT2D eigenvalue weighted by molar-refractivity contribution is -0.141. The van der Waals surface area contributed by atoms with Gasteiger partial charge in [-0.1, -0.05) is 36.4 Å². The molecule has 6 heteroatoms. The van der Waals surface area contributed by atoms with Crippen molar-refractivity contribution in [3.05, 3.63) is 65.7 Å². The van der Waals surface area contributed by atoms with Gasteiger partial charge in [0.05, 0.1) is 17.3 Å². The molecule has 2 aromatic rings. The van der Waals surface area contributed by atoms with Gasteiger partial charge in [-0.3, -0.25) is 9.59 Å². The number of amides is 1. The Kier molecular flexibility index (Phi) is 5.57. The van der Waals surface area contributed by atoms with Crippen molar-refractivity contribution in [2.24, 2.45) is 5.92 Å². The van der Waals surface area contributed by atoms with Crippen LogP contribution in [0.4, 0.5) is 11.4 Å². The van der Waals surface area contributed by atoms with Crippen molar-refractivity contribution in [3.63, 3.8) is 0 Å². The lowest BCUT2D eigenvalue weighted by Gasteiger charge is -2.15. The Morgan fingerprint density at radius 3 is 2.52 bits per heavy atom. The number of benzene rings is 2. The number of rotatable bonds is 5.